The summed E-state index contributed by atoms with van der Waals surface area (Å²) in [5, 5.41) is 0.957. The van der Waals surface area contributed by atoms with Gasteiger partial charge in [-0.05, 0) is 20.8 Å². The number of halogens is 1. The lowest BCUT2D eigenvalue weighted by molar-refractivity contribution is 0.583. The fourth-order valence-corrected chi connectivity index (χ4v) is 3.04. The molecule has 0 radical (unpaired) electrons. The van der Waals surface area contributed by atoms with Crippen LogP contribution in [-0.2, 0) is 0 Å². The van der Waals surface area contributed by atoms with Crippen molar-refractivity contribution < 1.29 is 0 Å². The van der Waals surface area contributed by atoms with Crippen molar-refractivity contribution in [1.29, 1.82) is 0 Å². The molecule has 0 aliphatic rings. The Labute approximate surface area is 112 Å². The summed E-state index contributed by atoms with van der Waals surface area (Å²) in [5.74, 6) is 0. The lowest BCUT2D eigenvalue weighted by Crippen LogP contribution is -2.36. The van der Waals surface area contributed by atoms with Crippen molar-refractivity contribution >= 4 is 22.9 Å². The van der Waals surface area contributed by atoms with Gasteiger partial charge in [-0.1, -0.05) is 11.6 Å². The summed E-state index contributed by atoms with van der Waals surface area (Å²) in [6.07, 6.45) is 0. The maximum absolute atomic E-state index is 11.8. The van der Waals surface area contributed by atoms with Crippen LogP contribution in [0, 0.1) is 13.8 Å². The summed E-state index contributed by atoms with van der Waals surface area (Å²) in [4.78, 5) is 31.3. The average Bonchev–Trinajstić information content (AvgIpc) is 2.56. The first-order valence-electron chi connectivity index (χ1n) is 5.35. The fourth-order valence-electron chi connectivity index (χ4n) is 1.90. The lowest BCUT2D eigenvalue weighted by atomic mass is 10.2. The highest BCUT2D eigenvalue weighted by Gasteiger charge is 2.18. The molecule has 18 heavy (non-hydrogen) atoms. The highest BCUT2D eigenvalue weighted by Crippen LogP contribution is 2.25. The molecule has 1 unspecified atom stereocenters. The van der Waals surface area contributed by atoms with Gasteiger partial charge in [0.1, 0.15) is 5.15 Å². The molecule has 2 aromatic heterocycles. The fraction of sp³-hybridized carbons (Fsp3) is 0.364. The molecule has 5 nitrogen and oxygen atoms in total. The topological polar surface area (TPSA) is 67.8 Å². The number of rotatable bonds is 2. The Morgan fingerprint density at radius 2 is 2.11 bits per heavy atom. The minimum atomic E-state index is -0.509. The van der Waals surface area contributed by atoms with E-state index >= 15 is 0 Å². The summed E-state index contributed by atoms with van der Waals surface area (Å²) < 4.78 is 1.14. The SMILES string of the molecule is Cc1nc(C)c(C(C)n2c(=O)cc(Cl)[nH]c2=O)s1. The van der Waals surface area contributed by atoms with E-state index in [1.165, 1.54) is 17.4 Å². The normalized spacial score (nSPS) is 12.7. The molecule has 0 bridgehead atoms. The number of hydrogen-bond donors (Lipinski definition) is 1. The molecule has 1 N–H and O–H groups in total. The third kappa shape index (κ3) is 2.26. The maximum atomic E-state index is 11.8. The predicted molar refractivity (Wildman–Crippen MR) is 71.7 cm³/mol. The Balaban J connectivity index is 2.60. The maximum Gasteiger partial charge on any atom is 0.330 e. The highest BCUT2D eigenvalue weighted by molar-refractivity contribution is 7.11. The number of thiazole rings is 1. The van der Waals surface area contributed by atoms with Gasteiger partial charge in [0, 0.05) is 6.07 Å². The Bertz CT molecular complexity index is 670. The standard InChI is InChI=1S/C11H12ClN3O2S/c1-5-10(18-7(3)13-5)6(2)15-9(16)4-8(12)14-11(15)17/h4,6H,1-3H3,(H,14,17). The summed E-state index contributed by atoms with van der Waals surface area (Å²) in [6, 6.07) is 0.840. The molecule has 0 saturated carbocycles. The Kier molecular flexibility index (Phi) is 3.41. The second-order valence-corrected chi connectivity index (χ2v) is 5.63. The van der Waals surface area contributed by atoms with E-state index in [9.17, 15) is 9.59 Å². The third-order valence-electron chi connectivity index (χ3n) is 2.64. The zero-order chi connectivity index (χ0) is 13.4. The van der Waals surface area contributed by atoms with Gasteiger partial charge in [0.25, 0.3) is 5.56 Å². The highest BCUT2D eigenvalue weighted by atomic mass is 35.5. The summed E-state index contributed by atoms with van der Waals surface area (Å²) >= 11 is 7.11. The molecule has 2 rings (SSSR count). The van der Waals surface area contributed by atoms with Gasteiger partial charge in [-0.25, -0.2) is 9.78 Å². The monoisotopic (exact) mass is 285 g/mol. The molecule has 2 aromatic rings. The molecule has 96 valence electrons. The van der Waals surface area contributed by atoms with Crippen molar-refractivity contribution in [3.63, 3.8) is 0 Å². The number of hydrogen-bond acceptors (Lipinski definition) is 4. The first-order valence-corrected chi connectivity index (χ1v) is 6.55. The van der Waals surface area contributed by atoms with Gasteiger partial charge >= 0.3 is 5.69 Å². The van der Waals surface area contributed by atoms with Gasteiger partial charge in [-0.2, -0.15) is 0 Å². The van der Waals surface area contributed by atoms with E-state index < -0.39 is 11.2 Å². The van der Waals surface area contributed by atoms with E-state index in [1.807, 2.05) is 13.8 Å². The van der Waals surface area contributed by atoms with Crippen molar-refractivity contribution in [3.8, 4) is 0 Å². The Morgan fingerprint density at radius 1 is 1.44 bits per heavy atom. The van der Waals surface area contributed by atoms with E-state index in [0.29, 0.717) is 0 Å². The molecule has 1 atom stereocenters. The van der Waals surface area contributed by atoms with Gasteiger partial charge < -0.3 is 0 Å². The molecule has 0 saturated heterocycles. The largest absolute Gasteiger partial charge is 0.330 e. The van der Waals surface area contributed by atoms with E-state index in [0.717, 1.165) is 20.1 Å². The smallest absolute Gasteiger partial charge is 0.298 e. The van der Waals surface area contributed by atoms with Gasteiger partial charge in [-0.3, -0.25) is 14.3 Å². The third-order valence-corrected chi connectivity index (χ3v) is 4.09. The first-order chi connectivity index (χ1) is 8.40. The van der Waals surface area contributed by atoms with Crippen molar-refractivity contribution in [2.24, 2.45) is 0 Å². The molecule has 0 amide bonds. The minimum Gasteiger partial charge on any atom is -0.298 e. The molecular formula is C11H12ClN3O2S. The van der Waals surface area contributed by atoms with Crippen LogP contribution in [0.5, 0.6) is 0 Å². The van der Waals surface area contributed by atoms with Crippen LogP contribution in [0.25, 0.3) is 0 Å². The quantitative estimate of drug-likeness (QED) is 0.857. The molecule has 0 spiro atoms. The van der Waals surface area contributed by atoms with Crippen LogP contribution >= 0.6 is 22.9 Å². The van der Waals surface area contributed by atoms with Gasteiger partial charge in [-0.15, -0.1) is 11.3 Å². The van der Waals surface area contributed by atoms with Crippen LogP contribution in [0.15, 0.2) is 15.7 Å². The second-order valence-electron chi connectivity index (χ2n) is 3.99. The molecule has 0 aromatic carbocycles. The molecular weight excluding hydrogens is 274 g/mol. The molecule has 0 aliphatic carbocycles. The number of aromatic nitrogens is 3. The van der Waals surface area contributed by atoms with Gasteiger partial charge in [0.2, 0.25) is 0 Å². The Hall–Kier alpha value is -1.40. The minimum absolute atomic E-state index is 0.0469. The van der Waals surface area contributed by atoms with Crippen LogP contribution in [0.4, 0.5) is 0 Å². The van der Waals surface area contributed by atoms with Crippen molar-refractivity contribution in [3.05, 3.63) is 47.6 Å². The van der Waals surface area contributed by atoms with Crippen LogP contribution in [0.3, 0.4) is 0 Å². The summed E-state index contributed by atoms with van der Waals surface area (Å²) in [5.41, 5.74) is -0.0848. The number of nitrogens with one attached hydrogen (secondary N) is 1. The zero-order valence-corrected chi connectivity index (χ0v) is 11.7. The number of aryl methyl sites for hydroxylation is 2. The number of nitrogens with zero attached hydrogens (tertiary/aromatic N) is 2. The summed E-state index contributed by atoms with van der Waals surface area (Å²) in [7, 11) is 0. The van der Waals surface area contributed by atoms with Gasteiger partial charge in [0.15, 0.2) is 0 Å². The Morgan fingerprint density at radius 3 is 2.61 bits per heavy atom. The second kappa shape index (κ2) is 4.70. The van der Waals surface area contributed by atoms with Crippen molar-refractivity contribution in [2.45, 2.75) is 26.8 Å². The van der Waals surface area contributed by atoms with Crippen LogP contribution in [0.2, 0.25) is 5.15 Å². The van der Waals surface area contributed by atoms with Crippen LogP contribution < -0.4 is 11.2 Å². The first kappa shape index (κ1) is 13.0. The van der Waals surface area contributed by atoms with E-state index in [1.54, 1.807) is 6.92 Å². The van der Waals surface area contributed by atoms with Crippen molar-refractivity contribution in [1.82, 2.24) is 14.5 Å². The van der Waals surface area contributed by atoms with Gasteiger partial charge in [0.05, 0.1) is 21.6 Å². The predicted octanol–water partition coefficient (Wildman–Crippen LogP) is 1.87. The average molecular weight is 286 g/mol. The lowest BCUT2D eigenvalue weighted by Gasteiger charge is -2.12. The van der Waals surface area contributed by atoms with E-state index in [2.05, 4.69) is 9.97 Å². The zero-order valence-electron chi connectivity index (χ0n) is 10.2. The molecule has 2 heterocycles. The van der Waals surface area contributed by atoms with Crippen molar-refractivity contribution in [2.75, 3.05) is 0 Å². The molecule has 0 fully saturated rings. The molecule has 0 aliphatic heterocycles. The number of H-pyrrole nitrogens is 1. The van der Waals surface area contributed by atoms with Crippen LogP contribution in [0.1, 0.15) is 28.5 Å². The van der Waals surface area contributed by atoms with Crippen LogP contribution in [-0.4, -0.2) is 14.5 Å². The number of aromatic amines is 1. The molecule has 7 heteroatoms. The van der Waals surface area contributed by atoms with E-state index in [-0.39, 0.29) is 11.2 Å². The van der Waals surface area contributed by atoms with E-state index in [4.69, 9.17) is 11.6 Å². The summed E-state index contributed by atoms with van der Waals surface area (Å²) in [6.45, 7) is 5.55.